The first-order valence-corrected chi connectivity index (χ1v) is 11.5. The number of hydrogen-bond donors (Lipinski definition) is 2. The highest BCUT2D eigenvalue weighted by atomic mass is 35.5. The second-order valence-electron chi connectivity index (χ2n) is 7.74. The molecule has 0 aromatic heterocycles. The Balaban J connectivity index is 1.36. The van der Waals surface area contributed by atoms with Crippen molar-refractivity contribution in [3.05, 3.63) is 53.6 Å². The van der Waals surface area contributed by atoms with Crippen molar-refractivity contribution in [2.75, 3.05) is 56.1 Å². The molecule has 1 heterocycles. The van der Waals surface area contributed by atoms with Gasteiger partial charge in [0.15, 0.2) is 0 Å². The SMILES string of the molecule is CCCCNC(=O)Nc1ccccc1OCCCN1CCN(c2ccc(Cl)cc2)CC1. The molecule has 3 rings (SSSR count). The van der Waals surface area contributed by atoms with E-state index in [1.54, 1.807) is 0 Å². The van der Waals surface area contributed by atoms with Crippen LogP contribution < -0.4 is 20.3 Å². The summed E-state index contributed by atoms with van der Waals surface area (Å²) in [5, 5.41) is 6.52. The molecule has 2 N–H and O–H groups in total. The van der Waals surface area contributed by atoms with Gasteiger partial charge in [0, 0.05) is 50.0 Å². The number of nitrogens with one attached hydrogen (secondary N) is 2. The third-order valence-electron chi connectivity index (χ3n) is 5.39. The summed E-state index contributed by atoms with van der Waals surface area (Å²) in [4.78, 5) is 16.9. The van der Waals surface area contributed by atoms with Crippen LogP contribution in [0.15, 0.2) is 48.5 Å². The van der Waals surface area contributed by atoms with E-state index in [-0.39, 0.29) is 6.03 Å². The second-order valence-corrected chi connectivity index (χ2v) is 8.17. The Kier molecular flexibility index (Phi) is 9.31. The van der Waals surface area contributed by atoms with Crippen LogP contribution >= 0.6 is 11.6 Å². The molecule has 2 amide bonds. The Morgan fingerprint density at radius 3 is 2.52 bits per heavy atom. The molecule has 168 valence electrons. The molecule has 7 heteroatoms. The Hall–Kier alpha value is -2.44. The second kappa shape index (κ2) is 12.4. The van der Waals surface area contributed by atoms with E-state index >= 15 is 0 Å². The summed E-state index contributed by atoms with van der Waals surface area (Å²) < 4.78 is 5.96. The smallest absolute Gasteiger partial charge is 0.319 e. The summed E-state index contributed by atoms with van der Waals surface area (Å²) >= 11 is 5.99. The molecule has 0 aliphatic carbocycles. The van der Waals surface area contributed by atoms with E-state index in [2.05, 4.69) is 39.5 Å². The van der Waals surface area contributed by atoms with E-state index in [0.29, 0.717) is 24.6 Å². The fraction of sp³-hybridized carbons (Fsp3) is 0.458. The van der Waals surface area contributed by atoms with Crippen molar-refractivity contribution in [3.8, 4) is 5.75 Å². The normalized spacial score (nSPS) is 14.3. The van der Waals surface area contributed by atoms with Gasteiger partial charge in [-0.2, -0.15) is 0 Å². The topological polar surface area (TPSA) is 56.8 Å². The lowest BCUT2D eigenvalue weighted by Crippen LogP contribution is -2.46. The minimum atomic E-state index is -0.192. The van der Waals surface area contributed by atoms with Crippen LogP contribution in [0.25, 0.3) is 0 Å². The molecule has 1 saturated heterocycles. The maximum atomic E-state index is 12.0. The highest BCUT2D eigenvalue weighted by Gasteiger charge is 2.17. The highest BCUT2D eigenvalue weighted by molar-refractivity contribution is 6.30. The number of piperazine rings is 1. The molecule has 0 unspecified atom stereocenters. The third kappa shape index (κ3) is 7.64. The first-order valence-electron chi connectivity index (χ1n) is 11.2. The molecule has 1 aliphatic rings. The molecule has 0 spiro atoms. The number of amides is 2. The summed E-state index contributed by atoms with van der Waals surface area (Å²) in [6.07, 6.45) is 2.97. The van der Waals surface area contributed by atoms with Crippen LogP contribution in [0.3, 0.4) is 0 Å². The van der Waals surface area contributed by atoms with Gasteiger partial charge in [0.05, 0.1) is 12.3 Å². The predicted octanol–water partition coefficient (Wildman–Crippen LogP) is 4.85. The molecule has 0 atom stereocenters. The molecule has 1 fully saturated rings. The number of anilines is 2. The number of benzene rings is 2. The highest BCUT2D eigenvalue weighted by Crippen LogP contribution is 2.24. The third-order valence-corrected chi connectivity index (χ3v) is 5.64. The van der Waals surface area contributed by atoms with Gasteiger partial charge >= 0.3 is 6.03 Å². The lowest BCUT2D eigenvalue weighted by Gasteiger charge is -2.36. The zero-order valence-corrected chi connectivity index (χ0v) is 19.0. The van der Waals surface area contributed by atoms with Gasteiger partial charge in [-0.1, -0.05) is 37.1 Å². The van der Waals surface area contributed by atoms with Gasteiger partial charge in [0.1, 0.15) is 5.75 Å². The monoisotopic (exact) mass is 444 g/mol. The fourth-order valence-electron chi connectivity index (χ4n) is 3.59. The van der Waals surface area contributed by atoms with E-state index in [4.69, 9.17) is 16.3 Å². The van der Waals surface area contributed by atoms with Crippen LogP contribution in [0.1, 0.15) is 26.2 Å². The van der Waals surface area contributed by atoms with Crippen LogP contribution in [-0.4, -0.2) is 56.8 Å². The summed E-state index contributed by atoms with van der Waals surface area (Å²) in [6.45, 7) is 8.51. The molecule has 2 aromatic carbocycles. The summed E-state index contributed by atoms with van der Waals surface area (Å²) in [6, 6.07) is 15.5. The number of para-hydroxylation sites is 2. The number of unbranched alkanes of at least 4 members (excludes halogenated alkanes) is 1. The Labute approximate surface area is 190 Å². The minimum absolute atomic E-state index is 0.192. The van der Waals surface area contributed by atoms with Crippen molar-refractivity contribution < 1.29 is 9.53 Å². The first-order chi connectivity index (χ1) is 15.2. The summed E-state index contributed by atoms with van der Waals surface area (Å²) in [7, 11) is 0. The maximum absolute atomic E-state index is 12.0. The lowest BCUT2D eigenvalue weighted by atomic mass is 10.2. The zero-order chi connectivity index (χ0) is 21.9. The van der Waals surface area contributed by atoms with Gasteiger partial charge in [0.2, 0.25) is 0 Å². The molecule has 31 heavy (non-hydrogen) atoms. The number of nitrogens with zero attached hydrogens (tertiary/aromatic N) is 2. The molecule has 0 radical (unpaired) electrons. The summed E-state index contributed by atoms with van der Waals surface area (Å²) in [5.74, 6) is 0.709. The molecular weight excluding hydrogens is 412 g/mol. The molecular formula is C24H33ClN4O2. The van der Waals surface area contributed by atoms with Gasteiger partial charge in [-0.3, -0.25) is 4.90 Å². The van der Waals surface area contributed by atoms with Crippen molar-refractivity contribution in [2.24, 2.45) is 0 Å². The Morgan fingerprint density at radius 1 is 1.03 bits per heavy atom. The minimum Gasteiger partial charge on any atom is -0.491 e. The van der Waals surface area contributed by atoms with Gasteiger partial charge in [0.25, 0.3) is 0 Å². The average molecular weight is 445 g/mol. The van der Waals surface area contributed by atoms with Crippen LogP contribution in [0.5, 0.6) is 5.75 Å². The van der Waals surface area contributed by atoms with Crippen molar-refractivity contribution in [1.82, 2.24) is 10.2 Å². The van der Waals surface area contributed by atoms with Gasteiger partial charge in [-0.25, -0.2) is 4.79 Å². The molecule has 6 nitrogen and oxygen atoms in total. The number of urea groups is 1. The van der Waals surface area contributed by atoms with E-state index in [1.165, 1.54) is 5.69 Å². The predicted molar refractivity (Wildman–Crippen MR) is 129 cm³/mol. The number of ether oxygens (including phenoxy) is 1. The fourth-order valence-corrected chi connectivity index (χ4v) is 3.72. The van der Waals surface area contributed by atoms with Gasteiger partial charge < -0.3 is 20.3 Å². The Morgan fingerprint density at radius 2 is 1.77 bits per heavy atom. The standard InChI is InChI=1S/C24H33ClN4O2/c1-2-3-13-26-24(30)27-22-7-4-5-8-23(22)31-19-6-14-28-15-17-29(18-16-28)21-11-9-20(25)10-12-21/h4-5,7-12H,2-3,6,13-19H2,1H3,(H2,26,27,30). The molecule has 1 aliphatic heterocycles. The van der Waals surface area contributed by atoms with Crippen LogP contribution in [-0.2, 0) is 0 Å². The van der Waals surface area contributed by atoms with Gasteiger partial charge in [-0.05, 0) is 49.2 Å². The average Bonchev–Trinajstić information content (AvgIpc) is 2.79. The largest absolute Gasteiger partial charge is 0.491 e. The van der Waals surface area contributed by atoms with Crippen molar-refractivity contribution in [2.45, 2.75) is 26.2 Å². The number of rotatable bonds is 10. The van der Waals surface area contributed by atoms with E-state index < -0.39 is 0 Å². The van der Waals surface area contributed by atoms with Crippen molar-refractivity contribution in [1.29, 1.82) is 0 Å². The first kappa shape index (κ1) is 23.2. The lowest BCUT2D eigenvalue weighted by molar-refractivity contribution is 0.225. The number of carbonyl (C=O) groups excluding carboxylic acids is 1. The van der Waals surface area contributed by atoms with Gasteiger partial charge in [-0.15, -0.1) is 0 Å². The van der Waals surface area contributed by atoms with E-state index in [9.17, 15) is 4.79 Å². The molecule has 0 bridgehead atoms. The van der Waals surface area contributed by atoms with E-state index in [0.717, 1.165) is 57.0 Å². The van der Waals surface area contributed by atoms with Crippen LogP contribution in [0.4, 0.5) is 16.2 Å². The number of carbonyl (C=O) groups is 1. The molecule has 2 aromatic rings. The molecule has 0 saturated carbocycles. The van der Waals surface area contributed by atoms with E-state index in [1.807, 2.05) is 36.4 Å². The number of hydrogen-bond acceptors (Lipinski definition) is 4. The van der Waals surface area contributed by atoms with Crippen LogP contribution in [0.2, 0.25) is 5.02 Å². The summed E-state index contributed by atoms with van der Waals surface area (Å²) in [5.41, 5.74) is 1.93. The maximum Gasteiger partial charge on any atom is 0.319 e. The van der Waals surface area contributed by atoms with Crippen molar-refractivity contribution in [3.63, 3.8) is 0 Å². The van der Waals surface area contributed by atoms with Crippen LogP contribution in [0, 0.1) is 0 Å². The zero-order valence-electron chi connectivity index (χ0n) is 18.3. The van der Waals surface area contributed by atoms with Crippen molar-refractivity contribution >= 4 is 29.0 Å². The Bertz CT molecular complexity index is 807. The quantitative estimate of drug-likeness (QED) is 0.514. The number of halogens is 1.